The predicted octanol–water partition coefficient (Wildman–Crippen LogP) is 1.27. The number of carbonyl (C=O) groups excluding carboxylic acids is 1. The third-order valence-electron chi connectivity index (χ3n) is 6.11. The molecule has 1 atom stereocenters. The Bertz CT molecular complexity index is 517. The number of hydrogen-bond acceptors (Lipinski definition) is 5. The topological polar surface area (TPSA) is 73.3 Å². The van der Waals surface area contributed by atoms with Crippen molar-refractivity contribution in [3.63, 3.8) is 0 Å². The molecule has 0 aromatic heterocycles. The SMILES string of the molecule is CC1CCC(N(C(=O)CN2CCOC(CN(C)CC(=O)O)C2)C2CC2)CC1. The van der Waals surface area contributed by atoms with E-state index in [1.165, 1.54) is 12.8 Å². The van der Waals surface area contributed by atoms with Crippen LogP contribution in [0.25, 0.3) is 0 Å². The predicted molar refractivity (Wildman–Crippen MR) is 103 cm³/mol. The first-order valence-electron chi connectivity index (χ1n) is 10.5. The fraction of sp³-hybridized carbons (Fsp3) is 0.900. The molecule has 1 N–H and O–H groups in total. The smallest absolute Gasteiger partial charge is 0.317 e. The number of rotatable bonds is 8. The van der Waals surface area contributed by atoms with Crippen LogP contribution in [0, 0.1) is 5.92 Å². The molecular formula is C20H35N3O4. The highest BCUT2D eigenvalue weighted by molar-refractivity contribution is 5.79. The van der Waals surface area contributed by atoms with E-state index >= 15 is 0 Å². The van der Waals surface area contributed by atoms with Gasteiger partial charge < -0.3 is 14.7 Å². The van der Waals surface area contributed by atoms with Crippen LogP contribution in [0.15, 0.2) is 0 Å². The van der Waals surface area contributed by atoms with Crippen LogP contribution in [0.2, 0.25) is 0 Å². The summed E-state index contributed by atoms with van der Waals surface area (Å²) >= 11 is 0. The van der Waals surface area contributed by atoms with Gasteiger partial charge in [-0.3, -0.25) is 19.4 Å². The van der Waals surface area contributed by atoms with Gasteiger partial charge >= 0.3 is 5.97 Å². The lowest BCUT2D eigenvalue weighted by Crippen LogP contribution is -2.53. The van der Waals surface area contributed by atoms with Crippen LogP contribution < -0.4 is 0 Å². The van der Waals surface area contributed by atoms with Crippen molar-refractivity contribution >= 4 is 11.9 Å². The Morgan fingerprint density at radius 1 is 1.11 bits per heavy atom. The van der Waals surface area contributed by atoms with E-state index < -0.39 is 5.97 Å². The number of carboxylic acid groups (broad SMARTS) is 1. The molecule has 154 valence electrons. The Kier molecular flexibility index (Phi) is 7.11. The maximum atomic E-state index is 13.1. The molecule has 3 aliphatic rings. The van der Waals surface area contributed by atoms with Gasteiger partial charge in [0.05, 0.1) is 25.8 Å². The maximum Gasteiger partial charge on any atom is 0.317 e. The highest BCUT2D eigenvalue weighted by Gasteiger charge is 2.39. The van der Waals surface area contributed by atoms with Crippen molar-refractivity contribution in [2.45, 2.75) is 63.6 Å². The second-order valence-electron chi connectivity index (χ2n) is 8.76. The van der Waals surface area contributed by atoms with Crippen LogP contribution in [0.5, 0.6) is 0 Å². The van der Waals surface area contributed by atoms with Crippen LogP contribution >= 0.6 is 0 Å². The third-order valence-corrected chi connectivity index (χ3v) is 6.11. The number of carbonyl (C=O) groups is 2. The van der Waals surface area contributed by atoms with Crippen molar-refractivity contribution in [1.82, 2.24) is 14.7 Å². The highest BCUT2D eigenvalue weighted by atomic mass is 16.5. The van der Waals surface area contributed by atoms with Crippen molar-refractivity contribution in [2.75, 3.05) is 46.4 Å². The molecule has 1 heterocycles. The van der Waals surface area contributed by atoms with Gasteiger partial charge in [0, 0.05) is 31.7 Å². The second-order valence-corrected chi connectivity index (χ2v) is 8.76. The summed E-state index contributed by atoms with van der Waals surface area (Å²) in [6, 6.07) is 0.897. The molecule has 1 saturated heterocycles. The zero-order valence-corrected chi connectivity index (χ0v) is 16.8. The van der Waals surface area contributed by atoms with E-state index in [-0.39, 0.29) is 18.6 Å². The molecule has 0 aromatic carbocycles. The molecular weight excluding hydrogens is 346 g/mol. The van der Waals surface area contributed by atoms with Gasteiger partial charge in [-0.15, -0.1) is 0 Å². The van der Waals surface area contributed by atoms with Crippen LogP contribution in [-0.4, -0.2) is 96.2 Å². The van der Waals surface area contributed by atoms with Crippen LogP contribution in [0.3, 0.4) is 0 Å². The summed E-state index contributed by atoms with van der Waals surface area (Å²) < 4.78 is 5.79. The molecule has 0 radical (unpaired) electrons. The summed E-state index contributed by atoms with van der Waals surface area (Å²) in [5, 5.41) is 8.90. The maximum absolute atomic E-state index is 13.1. The molecule has 1 amide bonds. The molecule has 2 aliphatic carbocycles. The van der Waals surface area contributed by atoms with E-state index in [4.69, 9.17) is 9.84 Å². The lowest BCUT2D eigenvalue weighted by atomic mass is 9.86. The molecule has 0 bridgehead atoms. The number of morpholine rings is 1. The van der Waals surface area contributed by atoms with Crippen molar-refractivity contribution in [2.24, 2.45) is 5.92 Å². The molecule has 2 saturated carbocycles. The van der Waals surface area contributed by atoms with Gasteiger partial charge in [0.15, 0.2) is 0 Å². The van der Waals surface area contributed by atoms with Gasteiger partial charge in [0.2, 0.25) is 5.91 Å². The Balaban J connectivity index is 1.50. The molecule has 0 spiro atoms. The summed E-state index contributed by atoms with van der Waals surface area (Å²) in [6.45, 7) is 5.42. The van der Waals surface area contributed by atoms with E-state index in [0.29, 0.717) is 38.3 Å². The number of likely N-dealkylation sites (N-methyl/N-ethyl adjacent to an activating group) is 1. The fourth-order valence-electron chi connectivity index (χ4n) is 4.53. The Morgan fingerprint density at radius 2 is 1.74 bits per heavy atom. The minimum atomic E-state index is -0.831. The van der Waals surface area contributed by atoms with Crippen molar-refractivity contribution in [3.05, 3.63) is 0 Å². The van der Waals surface area contributed by atoms with Crippen molar-refractivity contribution in [3.8, 4) is 0 Å². The first-order valence-corrected chi connectivity index (χ1v) is 10.5. The average molecular weight is 382 g/mol. The minimum absolute atomic E-state index is 0.00828. The Morgan fingerprint density at radius 3 is 2.33 bits per heavy atom. The fourth-order valence-corrected chi connectivity index (χ4v) is 4.53. The molecule has 0 aromatic rings. The quantitative estimate of drug-likeness (QED) is 0.683. The van der Waals surface area contributed by atoms with Crippen LogP contribution in [0.4, 0.5) is 0 Å². The van der Waals surface area contributed by atoms with E-state index in [9.17, 15) is 9.59 Å². The minimum Gasteiger partial charge on any atom is -0.480 e. The van der Waals surface area contributed by atoms with Gasteiger partial charge in [-0.05, 0) is 51.5 Å². The monoisotopic (exact) mass is 381 g/mol. The lowest BCUT2D eigenvalue weighted by Gasteiger charge is -2.39. The zero-order valence-electron chi connectivity index (χ0n) is 16.8. The molecule has 1 unspecified atom stereocenters. The van der Waals surface area contributed by atoms with Gasteiger partial charge in [-0.1, -0.05) is 6.92 Å². The zero-order chi connectivity index (χ0) is 19.4. The number of hydrogen-bond donors (Lipinski definition) is 1. The first kappa shape index (κ1) is 20.6. The molecule has 3 rings (SSSR count). The van der Waals surface area contributed by atoms with Crippen LogP contribution in [-0.2, 0) is 14.3 Å². The Labute approximate surface area is 162 Å². The third kappa shape index (κ3) is 6.16. The molecule has 1 aliphatic heterocycles. The molecule has 27 heavy (non-hydrogen) atoms. The van der Waals surface area contributed by atoms with E-state index in [1.54, 1.807) is 11.9 Å². The van der Waals surface area contributed by atoms with E-state index in [1.807, 2.05) is 0 Å². The lowest BCUT2D eigenvalue weighted by molar-refractivity contribution is -0.139. The first-order chi connectivity index (χ1) is 12.9. The van der Waals surface area contributed by atoms with Gasteiger partial charge in [-0.2, -0.15) is 0 Å². The second kappa shape index (κ2) is 9.34. The summed E-state index contributed by atoms with van der Waals surface area (Å²) in [5.74, 6) is 0.235. The largest absolute Gasteiger partial charge is 0.480 e. The standard InChI is InChI=1S/C20H35N3O4/c1-15-3-5-16(6-4-15)23(17-7-8-17)19(24)13-22-9-10-27-18(12-22)11-21(2)14-20(25)26/h15-18H,3-14H2,1-2H3,(H,25,26). The van der Waals surface area contributed by atoms with Gasteiger partial charge in [-0.25, -0.2) is 0 Å². The molecule has 3 fully saturated rings. The summed E-state index contributed by atoms with van der Waals surface area (Å²) in [6.07, 6.45) is 7.03. The van der Waals surface area contributed by atoms with Gasteiger partial charge in [0.1, 0.15) is 0 Å². The van der Waals surface area contributed by atoms with E-state index in [2.05, 4.69) is 16.7 Å². The Hall–Kier alpha value is -1.18. The van der Waals surface area contributed by atoms with E-state index in [0.717, 1.165) is 38.1 Å². The van der Waals surface area contributed by atoms with Crippen LogP contribution in [0.1, 0.15) is 45.4 Å². The summed E-state index contributed by atoms with van der Waals surface area (Å²) in [5.41, 5.74) is 0. The highest BCUT2D eigenvalue weighted by Crippen LogP contribution is 2.35. The average Bonchev–Trinajstić information content (AvgIpc) is 3.41. The number of carboxylic acids is 1. The molecule has 7 heteroatoms. The summed E-state index contributed by atoms with van der Waals surface area (Å²) in [4.78, 5) is 30.1. The number of amides is 1. The normalized spacial score (nSPS) is 29.7. The summed E-state index contributed by atoms with van der Waals surface area (Å²) in [7, 11) is 1.79. The van der Waals surface area contributed by atoms with Gasteiger partial charge in [0.25, 0.3) is 0 Å². The number of nitrogens with zero attached hydrogens (tertiary/aromatic N) is 3. The number of ether oxygens (including phenoxy) is 1. The van der Waals surface area contributed by atoms with Crippen molar-refractivity contribution < 1.29 is 19.4 Å². The molecule has 7 nitrogen and oxygen atoms in total. The number of aliphatic carboxylic acids is 1. The van der Waals surface area contributed by atoms with Crippen molar-refractivity contribution in [1.29, 1.82) is 0 Å².